The van der Waals surface area contributed by atoms with Crippen LogP contribution in [0.5, 0.6) is 0 Å². The molecule has 1 N–H and O–H groups in total. The van der Waals surface area contributed by atoms with Crippen LogP contribution in [0.1, 0.15) is 37.9 Å². The lowest BCUT2D eigenvalue weighted by Crippen LogP contribution is -2.34. The summed E-state index contributed by atoms with van der Waals surface area (Å²) in [6.07, 6.45) is 0. The summed E-state index contributed by atoms with van der Waals surface area (Å²) in [5.41, 5.74) is 1.44. The lowest BCUT2D eigenvalue weighted by atomic mass is 10.1. The molecule has 21 heavy (non-hydrogen) atoms. The molecule has 2 aromatic rings. The first-order chi connectivity index (χ1) is 9.82. The van der Waals surface area contributed by atoms with Crippen molar-refractivity contribution in [1.82, 2.24) is 10.2 Å². The Balaban J connectivity index is 1.84. The summed E-state index contributed by atoms with van der Waals surface area (Å²) in [6.45, 7) is 8.99. The first kappa shape index (κ1) is 16.7. The van der Waals surface area contributed by atoms with Crippen molar-refractivity contribution in [2.24, 2.45) is 0 Å². The Labute approximate surface area is 139 Å². The molecule has 0 atom stereocenters. The number of halogens is 1. The molecule has 0 amide bonds. The van der Waals surface area contributed by atoms with Crippen LogP contribution in [0.2, 0.25) is 0 Å². The van der Waals surface area contributed by atoms with E-state index < -0.39 is 0 Å². The second-order valence-electron chi connectivity index (χ2n) is 6.40. The molecule has 116 valence electrons. The normalized spacial score (nSPS) is 12.3. The van der Waals surface area contributed by atoms with Crippen LogP contribution in [0, 0.1) is 0 Å². The first-order valence-electron chi connectivity index (χ1n) is 7.06. The average molecular weight is 371 g/mol. The lowest BCUT2D eigenvalue weighted by Gasteiger charge is -2.19. The highest BCUT2D eigenvalue weighted by Crippen LogP contribution is 2.22. The van der Waals surface area contributed by atoms with E-state index >= 15 is 0 Å². The molecule has 2 heterocycles. The van der Waals surface area contributed by atoms with Gasteiger partial charge < -0.3 is 9.73 Å². The number of hydrogen-bond acceptors (Lipinski definition) is 4. The van der Waals surface area contributed by atoms with Crippen LogP contribution in [-0.4, -0.2) is 17.5 Å². The lowest BCUT2D eigenvalue weighted by molar-refractivity contribution is 0.280. The van der Waals surface area contributed by atoms with Crippen molar-refractivity contribution in [3.8, 4) is 0 Å². The number of rotatable bonds is 6. The molecule has 0 fully saturated rings. The molecule has 0 aliphatic heterocycles. The van der Waals surface area contributed by atoms with Crippen molar-refractivity contribution in [3.05, 3.63) is 44.4 Å². The van der Waals surface area contributed by atoms with Crippen LogP contribution >= 0.6 is 27.3 Å². The van der Waals surface area contributed by atoms with Crippen molar-refractivity contribution < 1.29 is 4.42 Å². The van der Waals surface area contributed by atoms with Crippen LogP contribution in [0.15, 0.2) is 31.8 Å². The summed E-state index contributed by atoms with van der Waals surface area (Å²) in [4.78, 5) is 2.26. The van der Waals surface area contributed by atoms with Gasteiger partial charge in [-0.3, -0.25) is 4.90 Å². The highest BCUT2D eigenvalue weighted by molar-refractivity contribution is 9.11. The fourth-order valence-corrected chi connectivity index (χ4v) is 3.22. The summed E-state index contributed by atoms with van der Waals surface area (Å²) < 4.78 is 7.06. The van der Waals surface area contributed by atoms with Gasteiger partial charge in [0.2, 0.25) is 0 Å². The largest absolute Gasteiger partial charge is 0.463 e. The van der Waals surface area contributed by atoms with Crippen molar-refractivity contribution in [2.75, 3.05) is 7.05 Å². The second kappa shape index (κ2) is 7.09. The monoisotopic (exact) mass is 370 g/mol. The van der Waals surface area contributed by atoms with Gasteiger partial charge >= 0.3 is 0 Å². The van der Waals surface area contributed by atoms with Gasteiger partial charge in [-0.1, -0.05) is 0 Å². The van der Waals surface area contributed by atoms with E-state index in [9.17, 15) is 0 Å². The van der Waals surface area contributed by atoms with Crippen molar-refractivity contribution in [3.63, 3.8) is 0 Å². The molecule has 0 radical (unpaired) electrons. The number of nitrogens with zero attached hydrogens (tertiary/aromatic N) is 1. The molecule has 2 rings (SSSR count). The quantitative estimate of drug-likeness (QED) is 0.803. The highest BCUT2D eigenvalue weighted by Gasteiger charge is 2.11. The van der Waals surface area contributed by atoms with E-state index in [2.05, 4.69) is 77.5 Å². The molecule has 0 spiro atoms. The third-order valence-corrected chi connectivity index (χ3v) is 4.56. The third kappa shape index (κ3) is 5.94. The van der Waals surface area contributed by atoms with E-state index in [1.165, 1.54) is 9.35 Å². The Morgan fingerprint density at radius 3 is 2.57 bits per heavy atom. The molecule has 2 aromatic heterocycles. The van der Waals surface area contributed by atoms with E-state index in [-0.39, 0.29) is 5.54 Å². The van der Waals surface area contributed by atoms with Gasteiger partial charge in [0, 0.05) is 12.1 Å². The molecule has 0 aliphatic carbocycles. The minimum Gasteiger partial charge on any atom is -0.463 e. The first-order valence-corrected chi connectivity index (χ1v) is 8.73. The topological polar surface area (TPSA) is 28.4 Å². The minimum atomic E-state index is 0.107. The van der Waals surface area contributed by atoms with E-state index in [0.717, 1.165) is 31.2 Å². The second-order valence-corrected chi connectivity index (χ2v) is 8.69. The molecule has 0 unspecified atom stereocenters. The van der Waals surface area contributed by atoms with E-state index in [1.807, 2.05) is 0 Å². The Morgan fingerprint density at radius 1 is 1.24 bits per heavy atom. The molecule has 3 nitrogen and oxygen atoms in total. The van der Waals surface area contributed by atoms with Crippen molar-refractivity contribution in [1.29, 1.82) is 0 Å². The van der Waals surface area contributed by atoms with Gasteiger partial charge in [-0.2, -0.15) is 0 Å². The predicted octanol–water partition coefficient (Wildman–Crippen LogP) is 4.62. The standard InChI is InChI=1S/C16H23BrN2OS/c1-16(2,3)18-8-13-5-6-14(20-13)10-19(4)9-12-7-15(17)21-11-12/h5-7,11,18H,8-10H2,1-4H3. The fraction of sp³-hybridized carbons (Fsp3) is 0.500. The molecule has 5 heteroatoms. The van der Waals surface area contributed by atoms with Gasteiger partial charge in [-0.25, -0.2) is 0 Å². The number of furan rings is 1. The number of thiophene rings is 1. The third-order valence-electron chi connectivity index (χ3n) is 3.01. The van der Waals surface area contributed by atoms with Crippen LogP contribution in [0.3, 0.4) is 0 Å². The van der Waals surface area contributed by atoms with Gasteiger partial charge in [0.05, 0.1) is 16.9 Å². The molecule has 0 bridgehead atoms. The average Bonchev–Trinajstić information content (AvgIpc) is 2.95. The van der Waals surface area contributed by atoms with Crippen molar-refractivity contribution in [2.45, 2.75) is 45.9 Å². The van der Waals surface area contributed by atoms with Gasteiger partial charge in [0.25, 0.3) is 0 Å². The minimum absolute atomic E-state index is 0.107. The Hall–Kier alpha value is -0.620. The van der Waals surface area contributed by atoms with Crippen molar-refractivity contribution >= 4 is 27.3 Å². The van der Waals surface area contributed by atoms with Gasteiger partial charge in [0.15, 0.2) is 0 Å². The summed E-state index contributed by atoms with van der Waals surface area (Å²) in [5.74, 6) is 2.00. The highest BCUT2D eigenvalue weighted by atomic mass is 79.9. The maximum atomic E-state index is 5.88. The van der Waals surface area contributed by atoms with Crippen LogP contribution in [0.4, 0.5) is 0 Å². The molecule has 0 aromatic carbocycles. The van der Waals surface area contributed by atoms with Gasteiger partial charge in [0.1, 0.15) is 11.5 Å². The SMILES string of the molecule is CN(Cc1csc(Br)c1)Cc1ccc(CNC(C)(C)C)o1. The zero-order chi connectivity index (χ0) is 15.5. The smallest absolute Gasteiger partial charge is 0.118 e. The fourth-order valence-electron chi connectivity index (χ4n) is 2.02. The number of hydrogen-bond donors (Lipinski definition) is 1. The van der Waals surface area contributed by atoms with E-state index in [0.29, 0.717) is 0 Å². The Morgan fingerprint density at radius 2 is 1.95 bits per heavy atom. The summed E-state index contributed by atoms with van der Waals surface area (Å²) >= 11 is 5.22. The zero-order valence-electron chi connectivity index (χ0n) is 13.1. The number of nitrogens with one attached hydrogen (secondary N) is 1. The molecular formula is C16H23BrN2OS. The Kier molecular flexibility index (Phi) is 5.66. The van der Waals surface area contributed by atoms with Crippen LogP contribution in [0.25, 0.3) is 0 Å². The molecule has 0 saturated heterocycles. The zero-order valence-corrected chi connectivity index (χ0v) is 15.5. The Bertz CT molecular complexity index is 571. The molecule has 0 saturated carbocycles. The van der Waals surface area contributed by atoms with E-state index in [4.69, 9.17) is 4.42 Å². The summed E-state index contributed by atoms with van der Waals surface area (Å²) in [6, 6.07) is 6.30. The molecular weight excluding hydrogens is 348 g/mol. The maximum Gasteiger partial charge on any atom is 0.118 e. The predicted molar refractivity (Wildman–Crippen MR) is 92.5 cm³/mol. The summed E-state index contributed by atoms with van der Waals surface area (Å²) in [7, 11) is 2.11. The van der Waals surface area contributed by atoms with Gasteiger partial charge in [-0.05, 0) is 72.9 Å². The van der Waals surface area contributed by atoms with Crippen LogP contribution < -0.4 is 5.32 Å². The van der Waals surface area contributed by atoms with Gasteiger partial charge in [-0.15, -0.1) is 11.3 Å². The molecule has 0 aliphatic rings. The summed E-state index contributed by atoms with van der Waals surface area (Å²) in [5, 5.41) is 5.62. The van der Waals surface area contributed by atoms with E-state index in [1.54, 1.807) is 11.3 Å². The maximum absolute atomic E-state index is 5.88. The van der Waals surface area contributed by atoms with Crippen LogP contribution in [-0.2, 0) is 19.6 Å².